The predicted octanol–water partition coefficient (Wildman–Crippen LogP) is 4.68. The highest BCUT2D eigenvalue weighted by molar-refractivity contribution is 7.99. The van der Waals surface area contributed by atoms with Gasteiger partial charge < -0.3 is 14.6 Å². The number of aromatic nitrogens is 2. The van der Waals surface area contributed by atoms with Gasteiger partial charge in [-0.05, 0) is 80.6 Å². The van der Waals surface area contributed by atoms with Crippen LogP contribution in [0.4, 0.5) is 0 Å². The highest BCUT2D eigenvalue weighted by atomic mass is 32.2. The van der Waals surface area contributed by atoms with Crippen molar-refractivity contribution in [2.24, 2.45) is 5.10 Å². The lowest BCUT2D eigenvalue weighted by molar-refractivity contribution is -0.118. The Labute approximate surface area is 233 Å². The molecule has 0 saturated carbocycles. The summed E-state index contributed by atoms with van der Waals surface area (Å²) in [7, 11) is 3.06. The first-order chi connectivity index (χ1) is 18.9. The summed E-state index contributed by atoms with van der Waals surface area (Å²) < 4.78 is 12.0. The number of rotatable bonds is 8. The molecule has 0 fully saturated rings. The van der Waals surface area contributed by atoms with Crippen LogP contribution in [0.3, 0.4) is 0 Å². The number of nitrogens with one attached hydrogen (secondary N) is 1. The SMILES string of the molecule is COc1ccc(-n2c(SCC(=O)N/N=C(\C)c3ccc(O)c(OC)c3)nc3sc4c(c3c2=O)CCCC4)cc1. The maximum atomic E-state index is 13.9. The van der Waals surface area contributed by atoms with E-state index in [9.17, 15) is 14.7 Å². The number of carbonyl (C=O) groups excluding carboxylic acids is 1. The number of aryl methyl sites for hydroxylation is 2. The number of phenolic OH excluding ortho intramolecular Hbond substituents is 1. The molecular formula is C28H28N4O5S2. The fourth-order valence-corrected chi connectivity index (χ4v) is 6.63. The van der Waals surface area contributed by atoms with Gasteiger partial charge in [-0.3, -0.25) is 14.2 Å². The number of thiophene rings is 1. The van der Waals surface area contributed by atoms with Gasteiger partial charge in [-0.25, -0.2) is 10.4 Å². The molecule has 0 aliphatic heterocycles. The van der Waals surface area contributed by atoms with Crippen molar-refractivity contribution in [3.63, 3.8) is 0 Å². The van der Waals surface area contributed by atoms with Crippen molar-refractivity contribution < 1.29 is 19.4 Å². The van der Waals surface area contributed by atoms with Crippen molar-refractivity contribution in [2.45, 2.75) is 37.8 Å². The van der Waals surface area contributed by atoms with Crippen LogP contribution in [0.25, 0.3) is 15.9 Å². The molecule has 1 aliphatic carbocycles. The number of nitrogens with zero attached hydrogens (tertiary/aromatic N) is 3. The maximum absolute atomic E-state index is 13.9. The van der Waals surface area contributed by atoms with Crippen LogP contribution in [-0.2, 0) is 17.6 Å². The Kier molecular flexibility index (Phi) is 7.89. The van der Waals surface area contributed by atoms with Crippen molar-refractivity contribution in [2.75, 3.05) is 20.0 Å². The highest BCUT2D eigenvalue weighted by Gasteiger charge is 2.23. The number of thioether (sulfide) groups is 1. The molecule has 0 spiro atoms. The van der Waals surface area contributed by atoms with Gasteiger partial charge in [-0.1, -0.05) is 11.8 Å². The number of fused-ring (bicyclic) bond motifs is 3. The summed E-state index contributed by atoms with van der Waals surface area (Å²) in [5, 5.41) is 15.1. The molecule has 5 rings (SSSR count). The lowest BCUT2D eigenvalue weighted by Crippen LogP contribution is -2.24. The van der Waals surface area contributed by atoms with Crippen molar-refractivity contribution >= 4 is 44.9 Å². The maximum Gasteiger partial charge on any atom is 0.267 e. The highest BCUT2D eigenvalue weighted by Crippen LogP contribution is 2.35. The number of phenols is 1. The molecule has 0 saturated heterocycles. The van der Waals surface area contributed by atoms with Crippen molar-refractivity contribution in [1.82, 2.24) is 15.0 Å². The standard InChI is InChI=1S/C28H28N4O5S2/c1-16(17-8-13-21(33)22(14-17)37-3)30-31-24(34)15-38-28-29-26-25(20-6-4-5-7-23(20)39-26)27(35)32(28)18-9-11-19(36-2)12-10-18/h8-14,33H,4-7,15H2,1-3H3,(H,31,34)/b30-16+. The number of benzene rings is 2. The van der Waals surface area contributed by atoms with E-state index >= 15 is 0 Å². The molecule has 2 aromatic carbocycles. The Morgan fingerprint density at radius 3 is 2.67 bits per heavy atom. The predicted molar refractivity (Wildman–Crippen MR) is 154 cm³/mol. The van der Waals surface area contributed by atoms with Crippen LogP contribution in [0.5, 0.6) is 17.2 Å². The third-order valence-electron chi connectivity index (χ3n) is 6.57. The van der Waals surface area contributed by atoms with Gasteiger partial charge in [0.05, 0.1) is 36.8 Å². The van der Waals surface area contributed by atoms with Crippen LogP contribution in [0.15, 0.2) is 57.5 Å². The van der Waals surface area contributed by atoms with E-state index in [4.69, 9.17) is 14.5 Å². The van der Waals surface area contributed by atoms with E-state index in [0.717, 1.165) is 36.1 Å². The Morgan fingerprint density at radius 1 is 1.15 bits per heavy atom. The number of methoxy groups -OCH3 is 2. The van der Waals surface area contributed by atoms with Gasteiger partial charge in [0, 0.05) is 10.4 Å². The molecule has 1 amide bonds. The smallest absolute Gasteiger partial charge is 0.267 e. The zero-order valence-electron chi connectivity index (χ0n) is 21.8. The Balaban J connectivity index is 1.42. The van der Waals surface area contributed by atoms with Crippen molar-refractivity contribution in [3.8, 4) is 22.9 Å². The summed E-state index contributed by atoms with van der Waals surface area (Å²) in [6.07, 6.45) is 4.03. The number of hydrogen-bond donors (Lipinski definition) is 2. The zero-order valence-corrected chi connectivity index (χ0v) is 23.4. The Bertz CT molecular complexity index is 1630. The summed E-state index contributed by atoms with van der Waals surface area (Å²) in [5.74, 6) is 0.688. The lowest BCUT2D eigenvalue weighted by atomic mass is 9.97. The van der Waals surface area contributed by atoms with Gasteiger partial charge in [0.15, 0.2) is 16.7 Å². The molecule has 39 heavy (non-hydrogen) atoms. The van der Waals surface area contributed by atoms with E-state index < -0.39 is 0 Å². The number of ether oxygens (including phenoxy) is 2. The molecule has 0 unspecified atom stereocenters. The lowest BCUT2D eigenvalue weighted by Gasteiger charge is -2.14. The van der Waals surface area contributed by atoms with Crippen LogP contribution in [0.2, 0.25) is 0 Å². The average Bonchev–Trinajstić information content (AvgIpc) is 3.34. The second-order valence-electron chi connectivity index (χ2n) is 9.03. The van der Waals surface area contributed by atoms with E-state index in [1.807, 2.05) is 12.1 Å². The molecule has 0 atom stereocenters. The van der Waals surface area contributed by atoms with E-state index in [0.29, 0.717) is 39.0 Å². The summed E-state index contributed by atoms with van der Waals surface area (Å²) in [6.45, 7) is 1.74. The zero-order chi connectivity index (χ0) is 27.5. The molecule has 0 radical (unpaired) electrons. The average molecular weight is 565 g/mol. The Hall–Kier alpha value is -3.83. The van der Waals surface area contributed by atoms with Gasteiger partial charge in [0.2, 0.25) is 0 Å². The number of hydrogen-bond acceptors (Lipinski definition) is 9. The minimum Gasteiger partial charge on any atom is -0.504 e. The normalized spacial score (nSPS) is 13.3. The number of carbonyl (C=O) groups is 1. The van der Waals surface area contributed by atoms with E-state index in [1.165, 1.54) is 29.8 Å². The van der Waals surface area contributed by atoms with Crippen molar-refractivity contribution in [3.05, 3.63) is 68.8 Å². The molecule has 2 heterocycles. The number of hydrazone groups is 1. The third-order valence-corrected chi connectivity index (χ3v) is 8.69. The molecule has 11 heteroatoms. The van der Waals surface area contributed by atoms with Crippen LogP contribution >= 0.6 is 23.1 Å². The quantitative estimate of drug-likeness (QED) is 0.138. The summed E-state index contributed by atoms with van der Waals surface area (Å²) in [5.41, 5.74) is 5.46. The summed E-state index contributed by atoms with van der Waals surface area (Å²) in [4.78, 5) is 33.4. The monoisotopic (exact) mass is 564 g/mol. The second-order valence-corrected chi connectivity index (χ2v) is 11.1. The van der Waals surface area contributed by atoms with E-state index in [2.05, 4.69) is 10.5 Å². The van der Waals surface area contributed by atoms with Gasteiger partial charge in [-0.2, -0.15) is 5.10 Å². The first-order valence-electron chi connectivity index (χ1n) is 12.4. The van der Waals surface area contributed by atoms with Crippen molar-refractivity contribution in [1.29, 1.82) is 0 Å². The van der Waals surface area contributed by atoms with Gasteiger partial charge >= 0.3 is 0 Å². The fraction of sp³-hybridized carbons (Fsp3) is 0.286. The first kappa shape index (κ1) is 26.8. The number of aromatic hydroxyl groups is 1. The van der Waals surface area contributed by atoms with Crippen LogP contribution in [0, 0.1) is 0 Å². The molecule has 2 N–H and O–H groups in total. The van der Waals surface area contributed by atoms with Crippen LogP contribution < -0.4 is 20.5 Å². The molecule has 4 aromatic rings. The molecule has 9 nitrogen and oxygen atoms in total. The first-order valence-corrected chi connectivity index (χ1v) is 14.2. The Morgan fingerprint density at radius 2 is 1.92 bits per heavy atom. The summed E-state index contributed by atoms with van der Waals surface area (Å²) >= 11 is 2.76. The molecule has 2 aromatic heterocycles. The van der Waals surface area contributed by atoms with E-state index in [-0.39, 0.29) is 23.0 Å². The topological polar surface area (TPSA) is 115 Å². The molecular weight excluding hydrogens is 536 g/mol. The minimum atomic E-state index is -0.341. The van der Waals surface area contributed by atoms with Crippen LogP contribution in [-0.4, -0.2) is 46.2 Å². The van der Waals surface area contributed by atoms with Gasteiger partial charge in [0.1, 0.15) is 10.6 Å². The fourth-order valence-electron chi connectivity index (χ4n) is 4.52. The third kappa shape index (κ3) is 5.50. The van der Waals surface area contributed by atoms with Crippen LogP contribution in [0.1, 0.15) is 35.8 Å². The van der Waals surface area contributed by atoms with Gasteiger partial charge in [0.25, 0.3) is 11.5 Å². The number of amides is 1. The molecule has 0 bridgehead atoms. The minimum absolute atomic E-state index is 0.00880. The van der Waals surface area contributed by atoms with Gasteiger partial charge in [-0.15, -0.1) is 11.3 Å². The molecule has 202 valence electrons. The summed E-state index contributed by atoms with van der Waals surface area (Å²) in [6, 6.07) is 12.1. The largest absolute Gasteiger partial charge is 0.504 e. The van der Waals surface area contributed by atoms with E-state index in [1.54, 1.807) is 54.2 Å². The molecule has 1 aliphatic rings. The second kappa shape index (κ2) is 11.5.